The predicted molar refractivity (Wildman–Crippen MR) is 99.9 cm³/mol. The molecule has 0 saturated carbocycles. The largest absolute Gasteiger partial charge is 0.325 e. The lowest BCUT2D eigenvalue weighted by atomic mass is 10.1. The number of halogens is 2. The second-order valence-electron chi connectivity index (χ2n) is 6.02. The molecule has 25 heavy (non-hydrogen) atoms. The first kappa shape index (κ1) is 16.1. The zero-order chi connectivity index (χ0) is 17.4. The van der Waals surface area contributed by atoms with Crippen LogP contribution in [0.3, 0.4) is 0 Å². The van der Waals surface area contributed by atoms with E-state index in [0.29, 0.717) is 16.7 Å². The van der Waals surface area contributed by atoms with Gasteiger partial charge in [0.15, 0.2) is 0 Å². The van der Waals surface area contributed by atoms with E-state index < -0.39 is 0 Å². The van der Waals surface area contributed by atoms with Crippen molar-refractivity contribution in [1.29, 1.82) is 0 Å². The number of H-pyrrole nitrogens is 1. The summed E-state index contributed by atoms with van der Waals surface area (Å²) in [6.07, 6.45) is 3.03. The second-order valence-corrected chi connectivity index (χ2v) is 6.88. The highest BCUT2D eigenvalue weighted by Gasteiger charge is 2.22. The van der Waals surface area contributed by atoms with Crippen LogP contribution in [0.2, 0.25) is 0 Å². The van der Waals surface area contributed by atoms with Crippen molar-refractivity contribution in [2.24, 2.45) is 10.9 Å². The minimum Gasteiger partial charge on any atom is -0.325 e. The van der Waals surface area contributed by atoms with Gasteiger partial charge in [0.2, 0.25) is 5.62 Å². The molecule has 0 atom stereocenters. The molecule has 0 amide bonds. The molecule has 1 aromatic heterocycles. The van der Waals surface area contributed by atoms with Crippen molar-refractivity contribution in [3.8, 4) is 0 Å². The monoisotopic (exact) mass is 401 g/mol. The molecule has 0 aliphatic carbocycles. The Labute approximate surface area is 152 Å². The number of benzene rings is 2. The van der Waals surface area contributed by atoms with E-state index in [9.17, 15) is 4.39 Å². The first-order valence-electron chi connectivity index (χ1n) is 8.16. The second kappa shape index (κ2) is 6.48. The summed E-state index contributed by atoms with van der Waals surface area (Å²) in [4.78, 5) is 9.54. The van der Waals surface area contributed by atoms with Crippen LogP contribution in [0.5, 0.6) is 0 Å². The van der Waals surface area contributed by atoms with Crippen molar-refractivity contribution in [1.82, 2.24) is 9.97 Å². The van der Waals surface area contributed by atoms with Crippen LogP contribution in [-0.2, 0) is 6.42 Å². The maximum absolute atomic E-state index is 14.6. The lowest BCUT2D eigenvalue weighted by Gasteiger charge is -2.25. The summed E-state index contributed by atoms with van der Waals surface area (Å²) in [7, 11) is 0. The first-order chi connectivity index (χ1) is 12.2. The summed E-state index contributed by atoms with van der Waals surface area (Å²) in [5.74, 6) is 5.66. The molecule has 0 unspecified atom stereocenters. The third-order valence-electron chi connectivity index (χ3n) is 4.52. The Kier molecular flexibility index (Phi) is 4.17. The van der Waals surface area contributed by atoms with E-state index in [1.165, 1.54) is 11.6 Å². The maximum atomic E-state index is 14.6. The Hall–Kier alpha value is -2.41. The first-order valence-corrected chi connectivity index (χ1v) is 8.96. The molecule has 4 rings (SSSR count). The third kappa shape index (κ3) is 2.78. The minimum absolute atomic E-state index is 0.272. The summed E-state index contributed by atoms with van der Waals surface area (Å²) in [5.41, 5.74) is 3.15. The van der Waals surface area contributed by atoms with Crippen LogP contribution in [0.4, 0.5) is 15.9 Å². The number of hydrogen-bond acceptors (Lipinski definition) is 4. The average molecular weight is 402 g/mol. The van der Waals surface area contributed by atoms with Crippen LogP contribution in [0.25, 0.3) is 10.9 Å². The van der Waals surface area contributed by atoms with Gasteiger partial charge in [-0.05, 0) is 49.1 Å². The van der Waals surface area contributed by atoms with E-state index in [-0.39, 0.29) is 11.4 Å². The molecular weight excluding hydrogens is 385 g/mol. The van der Waals surface area contributed by atoms with E-state index >= 15 is 0 Å². The predicted octanol–water partition coefficient (Wildman–Crippen LogP) is 3.71. The highest BCUT2D eigenvalue weighted by atomic mass is 79.9. The van der Waals surface area contributed by atoms with Gasteiger partial charge in [-0.3, -0.25) is 0 Å². The molecule has 0 bridgehead atoms. The fraction of sp³-hybridized carbons (Fsp3) is 0.222. The lowest BCUT2D eigenvalue weighted by Crippen LogP contribution is -2.25. The topological polar surface area (TPSA) is 70.3 Å². The van der Waals surface area contributed by atoms with Gasteiger partial charge in [0.05, 0.1) is 10.9 Å². The van der Waals surface area contributed by atoms with Crippen LogP contribution in [0, 0.1) is 5.82 Å². The zero-order valence-electron chi connectivity index (χ0n) is 13.5. The Morgan fingerprint density at radius 2 is 2.04 bits per heavy atom. The molecule has 2 heterocycles. The van der Waals surface area contributed by atoms with E-state index in [1.807, 2.05) is 12.1 Å². The quantitative estimate of drug-likeness (QED) is 0.482. The van der Waals surface area contributed by atoms with Gasteiger partial charge >= 0.3 is 0 Å². The van der Waals surface area contributed by atoms with Crippen LogP contribution in [0.1, 0.15) is 18.4 Å². The van der Waals surface area contributed by atoms with E-state index in [2.05, 4.69) is 42.0 Å². The lowest BCUT2D eigenvalue weighted by molar-refractivity contribution is 0.638. The molecule has 7 heteroatoms. The van der Waals surface area contributed by atoms with Gasteiger partial charge in [0, 0.05) is 16.7 Å². The zero-order valence-corrected chi connectivity index (χ0v) is 15.1. The summed E-state index contributed by atoms with van der Waals surface area (Å²) in [6, 6.07) is 11.0. The summed E-state index contributed by atoms with van der Waals surface area (Å²) in [6.45, 7) is 0.758. The smallest absolute Gasteiger partial charge is 0.246 e. The number of anilines is 2. The number of aromatic amines is 1. The van der Waals surface area contributed by atoms with Gasteiger partial charge in [-0.25, -0.2) is 4.39 Å². The summed E-state index contributed by atoms with van der Waals surface area (Å²) < 4.78 is 15.7. The number of fused-ring (bicyclic) bond motifs is 2. The van der Waals surface area contributed by atoms with Crippen molar-refractivity contribution >= 4 is 38.3 Å². The van der Waals surface area contributed by atoms with Gasteiger partial charge in [0.1, 0.15) is 11.6 Å². The minimum atomic E-state index is -0.319. The van der Waals surface area contributed by atoms with Crippen molar-refractivity contribution in [3.05, 3.63) is 57.9 Å². The molecule has 3 N–H and O–H groups in total. The number of rotatable bonds is 1. The molecule has 1 aliphatic heterocycles. The van der Waals surface area contributed by atoms with Crippen molar-refractivity contribution in [2.45, 2.75) is 19.3 Å². The molecule has 3 aromatic rings. The fourth-order valence-electron chi connectivity index (χ4n) is 3.38. The fourth-order valence-corrected chi connectivity index (χ4v) is 3.93. The van der Waals surface area contributed by atoms with Crippen molar-refractivity contribution in [2.75, 3.05) is 11.4 Å². The normalized spacial score (nSPS) is 15.3. The Balaban J connectivity index is 2.04. The van der Waals surface area contributed by atoms with Crippen LogP contribution in [-0.4, -0.2) is 16.5 Å². The van der Waals surface area contributed by atoms with Crippen molar-refractivity contribution in [3.63, 3.8) is 0 Å². The number of hydrogen-bond donors (Lipinski definition) is 2. The molecular formula is C18H17BrFN5. The molecule has 0 saturated heterocycles. The number of aromatic nitrogens is 2. The van der Waals surface area contributed by atoms with Gasteiger partial charge in [-0.1, -0.05) is 28.1 Å². The SMILES string of the molecule is N/N=c1/nc(N2CCCCc3c(Br)cccc32)c2c(F)cccc2[nH]1. The molecule has 0 spiro atoms. The van der Waals surface area contributed by atoms with Gasteiger partial charge in [-0.2, -0.15) is 4.98 Å². The molecule has 2 aromatic carbocycles. The summed E-state index contributed by atoms with van der Waals surface area (Å²) >= 11 is 3.64. The van der Waals surface area contributed by atoms with Gasteiger partial charge in [-0.15, -0.1) is 5.10 Å². The van der Waals surface area contributed by atoms with Gasteiger partial charge < -0.3 is 15.7 Å². The molecule has 0 radical (unpaired) electrons. The molecule has 1 aliphatic rings. The van der Waals surface area contributed by atoms with Crippen molar-refractivity contribution < 1.29 is 4.39 Å². The Morgan fingerprint density at radius 3 is 2.88 bits per heavy atom. The van der Waals surface area contributed by atoms with Crippen LogP contribution >= 0.6 is 15.9 Å². The van der Waals surface area contributed by atoms with E-state index in [1.54, 1.807) is 12.1 Å². The molecule has 5 nitrogen and oxygen atoms in total. The maximum Gasteiger partial charge on any atom is 0.246 e. The average Bonchev–Trinajstić information content (AvgIpc) is 2.84. The molecule has 128 valence electrons. The van der Waals surface area contributed by atoms with Crippen LogP contribution in [0.15, 0.2) is 46.0 Å². The van der Waals surface area contributed by atoms with E-state index in [4.69, 9.17) is 5.84 Å². The number of nitrogens with zero attached hydrogens (tertiary/aromatic N) is 3. The number of nitrogens with one attached hydrogen (secondary N) is 1. The Morgan fingerprint density at radius 1 is 1.20 bits per heavy atom. The highest BCUT2D eigenvalue weighted by Crippen LogP contribution is 2.37. The Bertz CT molecular complexity index is 1010. The molecule has 0 fully saturated rings. The standard InChI is InChI=1S/C18H17BrFN5/c19-12-6-3-9-15-11(12)5-1-2-10-25(15)17-16-13(20)7-4-8-14(16)22-18(23-17)24-21/h3-4,6-9H,1-2,5,10,21H2,(H,22,23,24). The third-order valence-corrected chi connectivity index (χ3v) is 5.26. The highest BCUT2D eigenvalue weighted by molar-refractivity contribution is 9.10. The van der Waals surface area contributed by atoms with Crippen LogP contribution < -0.4 is 16.4 Å². The summed E-state index contributed by atoms with van der Waals surface area (Å²) in [5, 5.41) is 4.12. The van der Waals surface area contributed by atoms with Gasteiger partial charge in [0.25, 0.3) is 0 Å². The number of nitrogens with two attached hydrogens (primary N) is 1. The van der Waals surface area contributed by atoms with E-state index in [0.717, 1.165) is 36.0 Å².